The van der Waals surface area contributed by atoms with E-state index in [9.17, 15) is 4.79 Å². The predicted octanol–water partition coefficient (Wildman–Crippen LogP) is 3.46. The standard InChI is InChI=1S/C16H13BrO3/c17-14-8-4-7-13(16(14)20-10-12-9-19-12)15(18)11-5-2-1-3-6-11/h1-8,12H,9-10H2. The number of benzene rings is 2. The molecule has 0 bridgehead atoms. The number of rotatable bonds is 5. The van der Waals surface area contributed by atoms with Crippen molar-refractivity contribution in [2.24, 2.45) is 0 Å². The minimum absolute atomic E-state index is 0.0429. The Hall–Kier alpha value is -1.65. The molecule has 0 spiro atoms. The molecule has 1 atom stereocenters. The fourth-order valence-corrected chi connectivity index (χ4v) is 2.40. The van der Waals surface area contributed by atoms with Gasteiger partial charge in [-0.3, -0.25) is 4.79 Å². The number of hydrogen-bond acceptors (Lipinski definition) is 3. The van der Waals surface area contributed by atoms with Gasteiger partial charge in [0.1, 0.15) is 18.5 Å². The summed E-state index contributed by atoms with van der Waals surface area (Å²) in [5.41, 5.74) is 1.21. The number of epoxide rings is 1. The predicted molar refractivity (Wildman–Crippen MR) is 79.3 cm³/mol. The normalized spacial score (nSPS) is 16.8. The highest BCUT2D eigenvalue weighted by atomic mass is 79.9. The zero-order chi connectivity index (χ0) is 13.9. The molecule has 3 rings (SSSR count). The van der Waals surface area contributed by atoms with E-state index in [0.717, 1.165) is 11.1 Å². The Bertz CT molecular complexity index is 621. The van der Waals surface area contributed by atoms with Gasteiger partial charge in [0, 0.05) is 5.56 Å². The lowest BCUT2D eigenvalue weighted by atomic mass is 10.0. The van der Waals surface area contributed by atoms with Crippen molar-refractivity contribution in [1.82, 2.24) is 0 Å². The highest BCUT2D eigenvalue weighted by Gasteiger charge is 2.25. The first kappa shape index (κ1) is 13.3. The third-order valence-electron chi connectivity index (χ3n) is 3.06. The number of carbonyl (C=O) groups excluding carboxylic acids is 1. The number of ether oxygens (including phenoxy) is 2. The number of ketones is 1. The van der Waals surface area contributed by atoms with Crippen LogP contribution >= 0.6 is 15.9 Å². The Balaban J connectivity index is 1.91. The van der Waals surface area contributed by atoms with Gasteiger partial charge in [0.2, 0.25) is 0 Å². The molecule has 1 aliphatic rings. The second-order valence-electron chi connectivity index (χ2n) is 4.58. The lowest BCUT2D eigenvalue weighted by Crippen LogP contribution is -2.10. The number of carbonyl (C=O) groups is 1. The van der Waals surface area contributed by atoms with Crippen LogP contribution in [0.4, 0.5) is 0 Å². The van der Waals surface area contributed by atoms with Crippen LogP contribution in [-0.4, -0.2) is 25.1 Å². The smallest absolute Gasteiger partial charge is 0.196 e. The van der Waals surface area contributed by atoms with Crippen LogP contribution in [0.2, 0.25) is 0 Å². The van der Waals surface area contributed by atoms with Crippen LogP contribution < -0.4 is 4.74 Å². The largest absolute Gasteiger partial charge is 0.489 e. The van der Waals surface area contributed by atoms with E-state index in [1.165, 1.54) is 0 Å². The summed E-state index contributed by atoms with van der Waals surface area (Å²) in [6.45, 7) is 1.20. The first-order valence-electron chi connectivity index (χ1n) is 6.38. The van der Waals surface area contributed by atoms with Gasteiger partial charge >= 0.3 is 0 Å². The Morgan fingerprint density at radius 2 is 1.95 bits per heavy atom. The summed E-state index contributed by atoms with van der Waals surface area (Å²) in [5.74, 6) is 0.537. The first-order valence-corrected chi connectivity index (χ1v) is 7.17. The van der Waals surface area contributed by atoms with Crippen LogP contribution in [0.15, 0.2) is 53.0 Å². The Morgan fingerprint density at radius 3 is 2.65 bits per heavy atom. The molecule has 20 heavy (non-hydrogen) atoms. The van der Waals surface area contributed by atoms with Gasteiger partial charge in [0.25, 0.3) is 0 Å². The SMILES string of the molecule is O=C(c1ccccc1)c1cccc(Br)c1OCC1CO1. The summed E-state index contributed by atoms with van der Waals surface area (Å²) >= 11 is 3.44. The molecule has 1 saturated heterocycles. The van der Waals surface area contributed by atoms with E-state index in [1.54, 1.807) is 18.2 Å². The van der Waals surface area contributed by atoms with Crippen LogP contribution in [0.5, 0.6) is 5.75 Å². The minimum Gasteiger partial charge on any atom is -0.489 e. The molecule has 1 aliphatic heterocycles. The molecule has 2 aromatic carbocycles. The highest BCUT2D eigenvalue weighted by molar-refractivity contribution is 9.10. The second kappa shape index (κ2) is 5.77. The van der Waals surface area contributed by atoms with E-state index < -0.39 is 0 Å². The zero-order valence-corrected chi connectivity index (χ0v) is 12.3. The second-order valence-corrected chi connectivity index (χ2v) is 5.43. The fraction of sp³-hybridized carbons (Fsp3) is 0.188. The van der Waals surface area contributed by atoms with Crippen molar-refractivity contribution in [1.29, 1.82) is 0 Å². The van der Waals surface area contributed by atoms with E-state index in [0.29, 0.717) is 23.5 Å². The molecule has 1 unspecified atom stereocenters. The summed E-state index contributed by atoms with van der Waals surface area (Å²) in [7, 11) is 0. The lowest BCUT2D eigenvalue weighted by molar-refractivity contribution is 0.103. The summed E-state index contributed by atoms with van der Waals surface area (Å²) < 4.78 is 11.6. The van der Waals surface area contributed by atoms with Gasteiger partial charge in [-0.15, -0.1) is 0 Å². The summed E-state index contributed by atoms with van der Waals surface area (Å²) in [4.78, 5) is 12.5. The molecule has 3 nitrogen and oxygen atoms in total. The van der Waals surface area contributed by atoms with E-state index >= 15 is 0 Å². The van der Waals surface area contributed by atoms with E-state index in [2.05, 4.69) is 15.9 Å². The molecule has 0 N–H and O–H groups in total. The molecule has 1 fully saturated rings. The summed E-state index contributed by atoms with van der Waals surface area (Å²) in [5, 5.41) is 0. The van der Waals surface area contributed by atoms with Crippen molar-refractivity contribution in [2.45, 2.75) is 6.10 Å². The third kappa shape index (κ3) is 2.92. The van der Waals surface area contributed by atoms with Gasteiger partial charge < -0.3 is 9.47 Å². The van der Waals surface area contributed by atoms with Crippen molar-refractivity contribution in [2.75, 3.05) is 13.2 Å². The molecule has 0 amide bonds. The van der Waals surface area contributed by atoms with Gasteiger partial charge in [-0.05, 0) is 28.1 Å². The number of halogens is 1. The van der Waals surface area contributed by atoms with Gasteiger partial charge in [-0.2, -0.15) is 0 Å². The maximum atomic E-state index is 12.5. The Morgan fingerprint density at radius 1 is 1.20 bits per heavy atom. The molecule has 0 saturated carbocycles. The van der Waals surface area contributed by atoms with Crippen molar-refractivity contribution in [3.05, 3.63) is 64.1 Å². The number of para-hydroxylation sites is 1. The molecule has 0 aromatic heterocycles. The van der Waals surface area contributed by atoms with Crippen molar-refractivity contribution in [3.63, 3.8) is 0 Å². The molecular formula is C16H13BrO3. The molecule has 102 valence electrons. The summed E-state index contributed by atoms with van der Waals surface area (Å²) in [6.07, 6.45) is 0.154. The van der Waals surface area contributed by atoms with Gasteiger partial charge in [0.05, 0.1) is 16.6 Å². The first-order chi connectivity index (χ1) is 9.75. The number of hydrogen-bond donors (Lipinski definition) is 0. The average molecular weight is 333 g/mol. The highest BCUT2D eigenvalue weighted by Crippen LogP contribution is 2.31. The molecule has 0 aliphatic carbocycles. The van der Waals surface area contributed by atoms with Crippen molar-refractivity contribution in [3.8, 4) is 5.75 Å². The quantitative estimate of drug-likeness (QED) is 0.621. The maximum Gasteiger partial charge on any atom is 0.196 e. The Labute approximate surface area is 125 Å². The molecule has 0 radical (unpaired) electrons. The van der Waals surface area contributed by atoms with E-state index in [4.69, 9.17) is 9.47 Å². The van der Waals surface area contributed by atoms with Crippen molar-refractivity contribution < 1.29 is 14.3 Å². The monoisotopic (exact) mass is 332 g/mol. The zero-order valence-electron chi connectivity index (χ0n) is 10.7. The third-order valence-corrected chi connectivity index (χ3v) is 3.69. The lowest BCUT2D eigenvalue weighted by Gasteiger charge is -2.12. The topological polar surface area (TPSA) is 38.8 Å². The van der Waals surface area contributed by atoms with Gasteiger partial charge in [-0.1, -0.05) is 36.4 Å². The fourth-order valence-electron chi connectivity index (χ4n) is 1.92. The van der Waals surface area contributed by atoms with Gasteiger partial charge in [-0.25, -0.2) is 0 Å². The van der Waals surface area contributed by atoms with Crippen LogP contribution in [0.3, 0.4) is 0 Å². The van der Waals surface area contributed by atoms with Gasteiger partial charge in [0.15, 0.2) is 5.78 Å². The van der Waals surface area contributed by atoms with E-state index in [-0.39, 0.29) is 11.9 Å². The van der Waals surface area contributed by atoms with Crippen LogP contribution in [0, 0.1) is 0 Å². The maximum absolute atomic E-state index is 12.5. The van der Waals surface area contributed by atoms with Crippen LogP contribution in [-0.2, 0) is 4.74 Å². The molecule has 4 heteroatoms. The van der Waals surface area contributed by atoms with Crippen molar-refractivity contribution >= 4 is 21.7 Å². The molecule has 1 heterocycles. The molecule has 2 aromatic rings. The average Bonchev–Trinajstić information content (AvgIpc) is 3.30. The van der Waals surface area contributed by atoms with E-state index in [1.807, 2.05) is 30.3 Å². The Kier molecular flexibility index (Phi) is 3.85. The summed E-state index contributed by atoms with van der Waals surface area (Å²) in [6, 6.07) is 14.7. The van der Waals surface area contributed by atoms with Crippen LogP contribution in [0.25, 0.3) is 0 Å². The minimum atomic E-state index is -0.0429. The van der Waals surface area contributed by atoms with Crippen LogP contribution in [0.1, 0.15) is 15.9 Å². The molecular weight excluding hydrogens is 320 g/mol.